The Bertz CT molecular complexity index is 1680. The van der Waals surface area contributed by atoms with Crippen molar-refractivity contribution < 1.29 is 9.59 Å². The third-order valence-corrected chi connectivity index (χ3v) is 7.65. The van der Waals surface area contributed by atoms with Crippen molar-refractivity contribution in [1.29, 1.82) is 0 Å². The number of H-pyrrole nitrogens is 2. The Morgan fingerprint density at radius 3 is 2.37 bits per heavy atom. The van der Waals surface area contributed by atoms with Gasteiger partial charge in [-0.25, -0.2) is 4.98 Å². The highest BCUT2D eigenvalue weighted by Crippen LogP contribution is 2.25. The number of nitrogens with one attached hydrogen (secondary N) is 3. The molecule has 0 spiro atoms. The smallest absolute Gasteiger partial charge is 0.246 e. The lowest BCUT2D eigenvalue weighted by Gasteiger charge is -2.25. The van der Waals surface area contributed by atoms with Gasteiger partial charge >= 0.3 is 0 Å². The van der Waals surface area contributed by atoms with Crippen molar-refractivity contribution in [3.05, 3.63) is 102 Å². The normalized spacial score (nSPS) is 12.7. The molecule has 0 saturated heterocycles. The fourth-order valence-electron chi connectivity index (χ4n) is 4.97. The summed E-state index contributed by atoms with van der Waals surface area (Å²) in [6, 6.07) is 22.0. The number of benzene rings is 2. The second kappa shape index (κ2) is 11.3. The maximum absolute atomic E-state index is 12.9. The number of aryl methyl sites for hydroxylation is 1. The minimum absolute atomic E-state index is 0.0863. The predicted octanol–water partition coefficient (Wildman–Crippen LogP) is 5.84. The van der Waals surface area contributed by atoms with E-state index in [-0.39, 0.29) is 24.3 Å². The second-order valence-electron chi connectivity index (χ2n) is 11.0. The number of pyridine rings is 1. The fourth-order valence-corrected chi connectivity index (χ4v) is 4.97. The fraction of sp³-hybridized carbons (Fsp3) is 0.242. The molecule has 0 saturated carbocycles. The molecule has 5 N–H and O–H groups in total. The Morgan fingerprint density at radius 1 is 1.02 bits per heavy atom. The van der Waals surface area contributed by atoms with Crippen LogP contribution in [-0.2, 0) is 21.5 Å². The maximum Gasteiger partial charge on any atom is 0.246 e. The van der Waals surface area contributed by atoms with Crippen LogP contribution in [-0.4, -0.2) is 38.7 Å². The summed E-state index contributed by atoms with van der Waals surface area (Å²) in [5, 5.41) is 5.34. The van der Waals surface area contributed by atoms with Crippen molar-refractivity contribution in [2.45, 2.75) is 45.2 Å². The first-order valence-corrected chi connectivity index (χ1v) is 13.8. The van der Waals surface area contributed by atoms with Crippen LogP contribution in [0.25, 0.3) is 27.9 Å². The number of hydrogen-bond donors (Lipinski definition) is 4. The molecule has 41 heavy (non-hydrogen) atoms. The zero-order chi connectivity index (χ0) is 29.1. The van der Waals surface area contributed by atoms with Gasteiger partial charge in [0.25, 0.3) is 0 Å². The molecular weight excluding hydrogens is 512 g/mol. The molecule has 2 aromatic carbocycles. The van der Waals surface area contributed by atoms with E-state index in [2.05, 4.69) is 32.4 Å². The largest absolute Gasteiger partial charge is 0.383 e. The Morgan fingerprint density at radius 2 is 1.68 bits per heavy atom. The molecular formula is C33H36N6O2. The number of anilines is 1. The summed E-state index contributed by atoms with van der Waals surface area (Å²) >= 11 is 0. The van der Waals surface area contributed by atoms with E-state index in [1.165, 1.54) is 6.08 Å². The van der Waals surface area contributed by atoms with E-state index in [9.17, 15) is 9.59 Å². The molecule has 0 aliphatic carbocycles. The summed E-state index contributed by atoms with van der Waals surface area (Å²) < 4.78 is 0. The molecule has 0 radical (unpaired) electrons. The van der Waals surface area contributed by atoms with Gasteiger partial charge in [-0.15, -0.1) is 0 Å². The van der Waals surface area contributed by atoms with E-state index in [4.69, 9.17) is 5.73 Å². The molecule has 3 aromatic heterocycles. The number of nitrogens with zero attached hydrogens (tertiary/aromatic N) is 2. The number of fused-ring (bicyclic) bond motifs is 2. The quantitative estimate of drug-likeness (QED) is 0.173. The molecule has 0 aliphatic rings. The summed E-state index contributed by atoms with van der Waals surface area (Å²) in [6.45, 7) is 5.94. The highest BCUT2D eigenvalue weighted by atomic mass is 16.2. The van der Waals surface area contributed by atoms with Crippen LogP contribution in [0, 0.1) is 0 Å². The van der Waals surface area contributed by atoms with E-state index < -0.39 is 5.54 Å². The molecule has 210 valence electrons. The molecule has 2 amide bonds. The van der Waals surface area contributed by atoms with Crippen molar-refractivity contribution in [2.75, 3.05) is 12.8 Å². The topological polar surface area (TPSA) is 120 Å². The third-order valence-electron chi connectivity index (χ3n) is 7.65. The zero-order valence-electron chi connectivity index (χ0n) is 23.9. The summed E-state index contributed by atoms with van der Waals surface area (Å²) in [5.41, 5.74) is 11.0. The van der Waals surface area contributed by atoms with Crippen LogP contribution in [0.2, 0.25) is 0 Å². The molecule has 0 bridgehead atoms. The molecule has 3 heterocycles. The monoisotopic (exact) mass is 548 g/mol. The van der Waals surface area contributed by atoms with Crippen LogP contribution in [0.1, 0.15) is 55.7 Å². The lowest BCUT2D eigenvalue weighted by atomic mass is 9.99. The number of nitrogen functional groups attached to an aromatic ring is 1. The second-order valence-corrected chi connectivity index (χ2v) is 11.0. The van der Waals surface area contributed by atoms with Crippen molar-refractivity contribution >= 4 is 45.5 Å². The summed E-state index contributed by atoms with van der Waals surface area (Å²) in [5.74, 6) is 0.158. The summed E-state index contributed by atoms with van der Waals surface area (Å²) in [7, 11) is 1.78. The standard InChI is InChI=1S/C33H36N6O2/c1-21(28-18-23-9-5-7-11-26(23)36-28)39(4)31(41)16-13-22-17-25(32(34)35-20-22)14-15-30(40)38-33(2,3)29-19-24-10-6-8-12-27(24)37-29/h5-13,16-21,36-37H,14-15H2,1-4H3,(H2,34,35)(H,38,40). The zero-order valence-corrected chi connectivity index (χ0v) is 23.9. The average Bonchev–Trinajstić information content (AvgIpc) is 3.60. The number of likely N-dealkylation sites (N-methyl/N-ethyl adjacent to an activating group) is 1. The molecule has 0 aliphatic heterocycles. The molecule has 0 fully saturated rings. The lowest BCUT2D eigenvalue weighted by molar-refractivity contribution is -0.126. The minimum Gasteiger partial charge on any atom is -0.383 e. The van der Waals surface area contributed by atoms with Crippen molar-refractivity contribution in [2.24, 2.45) is 0 Å². The number of rotatable bonds is 9. The van der Waals surface area contributed by atoms with Gasteiger partial charge in [-0.05, 0) is 85.5 Å². The Balaban J connectivity index is 1.19. The average molecular weight is 549 g/mol. The number of carbonyl (C=O) groups excluding carboxylic acids is 2. The highest BCUT2D eigenvalue weighted by Gasteiger charge is 2.25. The van der Waals surface area contributed by atoms with Crippen molar-refractivity contribution in [3.63, 3.8) is 0 Å². The van der Waals surface area contributed by atoms with Crippen LogP contribution in [0.3, 0.4) is 0 Å². The van der Waals surface area contributed by atoms with Gasteiger partial charge in [0.2, 0.25) is 11.8 Å². The van der Waals surface area contributed by atoms with Gasteiger partial charge in [-0.3, -0.25) is 9.59 Å². The first-order chi connectivity index (χ1) is 19.6. The van der Waals surface area contributed by atoms with E-state index in [0.717, 1.165) is 44.3 Å². The number of nitrogens with two attached hydrogens (primary N) is 1. The lowest BCUT2D eigenvalue weighted by Crippen LogP contribution is -2.41. The van der Waals surface area contributed by atoms with Crippen LogP contribution >= 0.6 is 0 Å². The Labute approximate surface area is 239 Å². The van der Waals surface area contributed by atoms with E-state index in [1.807, 2.05) is 75.4 Å². The first-order valence-electron chi connectivity index (χ1n) is 13.8. The number of hydrogen-bond acceptors (Lipinski definition) is 4. The van der Waals surface area contributed by atoms with Gasteiger partial charge in [0.15, 0.2) is 0 Å². The van der Waals surface area contributed by atoms with Crippen molar-refractivity contribution in [3.8, 4) is 0 Å². The number of aromatic nitrogens is 3. The number of carbonyl (C=O) groups is 2. The molecule has 8 heteroatoms. The molecule has 1 unspecified atom stereocenters. The summed E-state index contributed by atoms with van der Waals surface area (Å²) in [4.78, 5) is 38.6. The van der Waals surface area contributed by atoms with Gasteiger partial charge in [0.1, 0.15) is 5.82 Å². The summed E-state index contributed by atoms with van der Waals surface area (Å²) in [6.07, 6.45) is 5.58. The van der Waals surface area contributed by atoms with Gasteiger partial charge < -0.3 is 25.9 Å². The minimum atomic E-state index is -0.569. The van der Waals surface area contributed by atoms with E-state index >= 15 is 0 Å². The van der Waals surface area contributed by atoms with Crippen LogP contribution in [0.4, 0.5) is 5.82 Å². The Hall–Kier alpha value is -4.85. The Kier molecular flexibility index (Phi) is 7.66. The number of amides is 2. The molecule has 1 atom stereocenters. The van der Waals surface area contributed by atoms with E-state index in [1.54, 1.807) is 24.2 Å². The maximum atomic E-state index is 12.9. The van der Waals surface area contributed by atoms with Gasteiger partial charge in [0.05, 0.1) is 11.6 Å². The van der Waals surface area contributed by atoms with E-state index in [0.29, 0.717) is 12.2 Å². The van der Waals surface area contributed by atoms with Gasteiger partial charge in [0, 0.05) is 48.2 Å². The molecule has 8 nitrogen and oxygen atoms in total. The predicted molar refractivity (Wildman–Crippen MR) is 165 cm³/mol. The van der Waals surface area contributed by atoms with Crippen LogP contribution < -0.4 is 11.1 Å². The number of para-hydroxylation sites is 2. The molecule has 5 aromatic rings. The van der Waals surface area contributed by atoms with Gasteiger partial charge in [-0.2, -0.15) is 0 Å². The SMILES string of the molecule is CC(c1cc2ccccc2[nH]1)N(C)C(=O)C=Cc1cnc(N)c(CCC(=O)NC(C)(C)c2cc3ccccc3[nH]2)c1. The first kappa shape index (κ1) is 27.7. The highest BCUT2D eigenvalue weighted by molar-refractivity contribution is 5.92. The van der Waals surface area contributed by atoms with Crippen LogP contribution in [0.15, 0.2) is 79.0 Å². The molecule has 5 rings (SSSR count). The third kappa shape index (κ3) is 6.17. The van der Waals surface area contributed by atoms with Crippen LogP contribution in [0.5, 0.6) is 0 Å². The number of aromatic amines is 2. The van der Waals surface area contributed by atoms with Crippen molar-refractivity contribution in [1.82, 2.24) is 25.2 Å². The van der Waals surface area contributed by atoms with Gasteiger partial charge in [-0.1, -0.05) is 36.4 Å².